The number of imide groups is 1. The van der Waals surface area contributed by atoms with Gasteiger partial charge in [0.2, 0.25) is 0 Å². The molecule has 0 aliphatic carbocycles. The van der Waals surface area contributed by atoms with Gasteiger partial charge in [-0.2, -0.15) is 0 Å². The molecule has 21 heavy (non-hydrogen) atoms. The summed E-state index contributed by atoms with van der Waals surface area (Å²) in [5.41, 5.74) is 0. The molecule has 1 heterocycles. The van der Waals surface area contributed by atoms with Gasteiger partial charge in [0, 0.05) is 6.54 Å². The van der Waals surface area contributed by atoms with Crippen LogP contribution in [0.3, 0.4) is 0 Å². The van der Waals surface area contributed by atoms with Crippen molar-refractivity contribution < 1.29 is 18.7 Å². The van der Waals surface area contributed by atoms with Crippen molar-refractivity contribution in [2.45, 2.75) is 32.2 Å². The van der Waals surface area contributed by atoms with E-state index in [0.717, 1.165) is 6.42 Å². The van der Waals surface area contributed by atoms with Gasteiger partial charge in [-0.15, -0.1) is 0 Å². The van der Waals surface area contributed by atoms with Gasteiger partial charge in [-0.25, -0.2) is 9.18 Å². The van der Waals surface area contributed by atoms with Crippen molar-refractivity contribution in [1.82, 2.24) is 10.2 Å². The number of nitrogens with zero attached hydrogens (tertiary/aromatic N) is 1. The van der Waals surface area contributed by atoms with Crippen molar-refractivity contribution in [1.29, 1.82) is 0 Å². The molecule has 1 saturated heterocycles. The van der Waals surface area contributed by atoms with Gasteiger partial charge in [0.15, 0.2) is 0 Å². The summed E-state index contributed by atoms with van der Waals surface area (Å²) in [6, 6.07) is 5.01. The first-order valence-electron chi connectivity index (χ1n) is 7.12. The van der Waals surface area contributed by atoms with Crippen LogP contribution in [0.1, 0.15) is 26.2 Å². The number of benzene rings is 1. The molecule has 1 aliphatic rings. The zero-order chi connectivity index (χ0) is 15.2. The number of urea groups is 1. The van der Waals surface area contributed by atoms with Crippen molar-refractivity contribution in [3.8, 4) is 5.75 Å². The standard InChI is InChI=1S/C15H19FN2O3/c1-2-4-13-14(19)18(15(20)17-13)9-3-10-21-12-7-5-11(16)6-8-12/h5-8,13H,2-4,9-10H2,1H3,(H,17,20). The van der Waals surface area contributed by atoms with Gasteiger partial charge < -0.3 is 10.1 Å². The third kappa shape index (κ3) is 3.93. The molecule has 0 spiro atoms. The van der Waals surface area contributed by atoms with Gasteiger partial charge in [-0.1, -0.05) is 13.3 Å². The number of halogens is 1. The average Bonchev–Trinajstić information content (AvgIpc) is 2.73. The van der Waals surface area contributed by atoms with E-state index in [4.69, 9.17) is 4.74 Å². The number of ether oxygens (including phenoxy) is 1. The van der Waals surface area contributed by atoms with E-state index in [-0.39, 0.29) is 23.8 Å². The zero-order valence-electron chi connectivity index (χ0n) is 12.0. The Kier molecular flexibility index (Phi) is 5.14. The van der Waals surface area contributed by atoms with E-state index in [0.29, 0.717) is 31.7 Å². The molecule has 0 saturated carbocycles. The lowest BCUT2D eigenvalue weighted by Crippen LogP contribution is -2.33. The molecule has 1 atom stereocenters. The van der Waals surface area contributed by atoms with Crippen LogP contribution in [0, 0.1) is 5.82 Å². The highest BCUT2D eigenvalue weighted by Gasteiger charge is 2.36. The molecule has 1 N–H and O–H groups in total. The number of hydrogen-bond acceptors (Lipinski definition) is 3. The number of carbonyl (C=O) groups excluding carboxylic acids is 2. The maximum absolute atomic E-state index is 12.7. The average molecular weight is 294 g/mol. The van der Waals surface area contributed by atoms with Crippen LogP contribution < -0.4 is 10.1 Å². The van der Waals surface area contributed by atoms with Crippen molar-refractivity contribution >= 4 is 11.9 Å². The third-order valence-electron chi connectivity index (χ3n) is 3.29. The number of rotatable bonds is 7. The number of carbonyl (C=O) groups is 2. The van der Waals surface area contributed by atoms with Gasteiger partial charge >= 0.3 is 6.03 Å². The zero-order valence-corrected chi connectivity index (χ0v) is 12.0. The molecular weight excluding hydrogens is 275 g/mol. The molecule has 1 aromatic carbocycles. The predicted octanol–water partition coefficient (Wildman–Crippen LogP) is 2.32. The Hall–Kier alpha value is -2.11. The lowest BCUT2D eigenvalue weighted by atomic mass is 10.2. The van der Waals surface area contributed by atoms with Crippen LogP contribution in [0.5, 0.6) is 5.75 Å². The molecule has 1 aliphatic heterocycles. The second kappa shape index (κ2) is 7.06. The van der Waals surface area contributed by atoms with E-state index in [1.165, 1.54) is 17.0 Å². The largest absolute Gasteiger partial charge is 0.494 e. The molecule has 2 rings (SSSR count). The van der Waals surface area contributed by atoms with E-state index in [2.05, 4.69) is 5.32 Å². The molecule has 1 unspecified atom stereocenters. The van der Waals surface area contributed by atoms with Crippen LogP contribution in [-0.2, 0) is 4.79 Å². The Morgan fingerprint density at radius 2 is 2.00 bits per heavy atom. The smallest absolute Gasteiger partial charge is 0.324 e. The Labute approximate surface area is 123 Å². The summed E-state index contributed by atoms with van der Waals surface area (Å²) in [6.45, 7) is 2.66. The SMILES string of the molecule is CCCC1NC(=O)N(CCCOc2ccc(F)cc2)C1=O. The van der Waals surface area contributed by atoms with Gasteiger partial charge in [0.25, 0.3) is 5.91 Å². The van der Waals surface area contributed by atoms with Crippen molar-refractivity contribution in [2.75, 3.05) is 13.2 Å². The van der Waals surface area contributed by atoms with Crippen LogP contribution in [0.15, 0.2) is 24.3 Å². The van der Waals surface area contributed by atoms with Crippen LogP contribution in [-0.4, -0.2) is 36.0 Å². The molecule has 5 nitrogen and oxygen atoms in total. The van der Waals surface area contributed by atoms with E-state index in [9.17, 15) is 14.0 Å². The summed E-state index contributed by atoms with van der Waals surface area (Å²) in [6.07, 6.45) is 2.04. The van der Waals surface area contributed by atoms with E-state index in [1.54, 1.807) is 12.1 Å². The molecule has 0 aromatic heterocycles. The summed E-state index contributed by atoms with van der Waals surface area (Å²) in [7, 11) is 0. The maximum Gasteiger partial charge on any atom is 0.324 e. The molecule has 3 amide bonds. The summed E-state index contributed by atoms with van der Waals surface area (Å²) in [5.74, 6) is 0.0877. The minimum Gasteiger partial charge on any atom is -0.494 e. The molecule has 114 valence electrons. The highest BCUT2D eigenvalue weighted by molar-refractivity contribution is 6.04. The minimum atomic E-state index is -0.388. The Bertz CT molecular complexity index is 504. The topological polar surface area (TPSA) is 58.6 Å². The quantitative estimate of drug-likeness (QED) is 0.620. The second-order valence-electron chi connectivity index (χ2n) is 4.94. The molecule has 1 fully saturated rings. The van der Waals surface area contributed by atoms with E-state index >= 15 is 0 Å². The molecule has 0 radical (unpaired) electrons. The fraction of sp³-hybridized carbons (Fsp3) is 0.467. The first kappa shape index (κ1) is 15.3. The Morgan fingerprint density at radius 3 is 2.67 bits per heavy atom. The van der Waals surface area contributed by atoms with Crippen LogP contribution >= 0.6 is 0 Å². The van der Waals surface area contributed by atoms with Crippen LogP contribution in [0.25, 0.3) is 0 Å². The Balaban J connectivity index is 1.74. The fourth-order valence-electron chi connectivity index (χ4n) is 2.22. The van der Waals surface area contributed by atoms with E-state index < -0.39 is 0 Å². The first-order valence-corrected chi connectivity index (χ1v) is 7.12. The predicted molar refractivity (Wildman–Crippen MR) is 75.5 cm³/mol. The molecule has 1 aromatic rings. The Morgan fingerprint density at radius 1 is 1.29 bits per heavy atom. The minimum absolute atomic E-state index is 0.163. The third-order valence-corrected chi connectivity index (χ3v) is 3.29. The monoisotopic (exact) mass is 294 g/mol. The summed E-state index contributed by atoms with van der Waals surface area (Å²) in [5, 5.41) is 2.67. The highest BCUT2D eigenvalue weighted by atomic mass is 19.1. The normalized spacial score (nSPS) is 18.0. The molecule has 0 bridgehead atoms. The van der Waals surface area contributed by atoms with Gasteiger partial charge in [0.1, 0.15) is 17.6 Å². The number of amides is 3. The van der Waals surface area contributed by atoms with Crippen molar-refractivity contribution in [3.63, 3.8) is 0 Å². The summed E-state index contributed by atoms with van der Waals surface area (Å²) >= 11 is 0. The highest BCUT2D eigenvalue weighted by Crippen LogP contribution is 2.13. The van der Waals surface area contributed by atoms with Crippen molar-refractivity contribution in [2.24, 2.45) is 0 Å². The lowest BCUT2D eigenvalue weighted by molar-refractivity contribution is -0.127. The van der Waals surface area contributed by atoms with Gasteiger partial charge in [0.05, 0.1) is 6.61 Å². The lowest BCUT2D eigenvalue weighted by Gasteiger charge is -2.13. The van der Waals surface area contributed by atoms with E-state index in [1.807, 2.05) is 6.92 Å². The van der Waals surface area contributed by atoms with Gasteiger partial charge in [-0.3, -0.25) is 9.69 Å². The fourth-order valence-corrected chi connectivity index (χ4v) is 2.22. The summed E-state index contributed by atoms with van der Waals surface area (Å²) < 4.78 is 18.2. The number of hydrogen-bond donors (Lipinski definition) is 1. The maximum atomic E-state index is 12.7. The second-order valence-corrected chi connectivity index (χ2v) is 4.94. The van der Waals surface area contributed by atoms with Crippen LogP contribution in [0.2, 0.25) is 0 Å². The van der Waals surface area contributed by atoms with Gasteiger partial charge in [-0.05, 0) is 37.1 Å². The first-order chi connectivity index (χ1) is 10.1. The van der Waals surface area contributed by atoms with Crippen molar-refractivity contribution in [3.05, 3.63) is 30.1 Å². The number of nitrogens with one attached hydrogen (secondary N) is 1. The summed E-state index contributed by atoms with van der Waals surface area (Å²) in [4.78, 5) is 24.9. The van der Waals surface area contributed by atoms with Crippen LogP contribution in [0.4, 0.5) is 9.18 Å². The molecular formula is C15H19FN2O3. The molecule has 6 heteroatoms.